The zero-order valence-electron chi connectivity index (χ0n) is 31.3. The standard InChI is InChI=1S/C42H46N8O7/c43-39(44)47-21-9-19-35(49-41(53)55-23-33-29-15-5-1-11-25(29)26-12-2-6-16-30(26)33)37(51)57-38(52)36(20-10-22-48-40(45)46)50-42(54)56-24-34-31-17-7-3-13-27(31)28-14-4-8-18-32(28)34/h1-8,11-18,33-36H,9-10,19-24H2,(H,49,53)(H,50,54)(H4,43,44,47)(H4,45,46,48)/t35-,36-/m0/s1. The first-order valence-electron chi connectivity index (χ1n) is 18.7. The maximum absolute atomic E-state index is 13.6. The summed E-state index contributed by atoms with van der Waals surface area (Å²) in [5.74, 6) is -2.86. The summed E-state index contributed by atoms with van der Waals surface area (Å²) in [4.78, 5) is 61.4. The van der Waals surface area contributed by atoms with Gasteiger partial charge < -0.3 is 47.8 Å². The first-order chi connectivity index (χ1) is 27.6. The summed E-state index contributed by atoms with van der Waals surface area (Å²) in [5.41, 5.74) is 30.1. The number of nitrogens with zero attached hydrogens (tertiary/aromatic N) is 2. The second-order valence-electron chi connectivity index (χ2n) is 13.7. The molecule has 15 heteroatoms. The minimum atomic E-state index is -1.32. The van der Waals surface area contributed by atoms with Gasteiger partial charge in [0.15, 0.2) is 11.9 Å². The Labute approximate surface area is 329 Å². The number of aliphatic imine (C=N–C) groups is 2. The average Bonchev–Trinajstić information content (AvgIpc) is 3.70. The van der Waals surface area contributed by atoms with Gasteiger partial charge in [-0.3, -0.25) is 9.98 Å². The summed E-state index contributed by atoms with van der Waals surface area (Å²) >= 11 is 0. The Morgan fingerprint density at radius 3 is 1.16 bits per heavy atom. The number of nitrogens with two attached hydrogens (primary N) is 4. The van der Waals surface area contributed by atoms with Crippen LogP contribution in [-0.4, -0.2) is 74.4 Å². The summed E-state index contributed by atoms with van der Waals surface area (Å²) in [6.07, 6.45) is -1.29. The van der Waals surface area contributed by atoms with Gasteiger partial charge in [0.25, 0.3) is 0 Å². The molecule has 2 amide bonds. The van der Waals surface area contributed by atoms with Crippen molar-refractivity contribution in [2.75, 3.05) is 26.3 Å². The van der Waals surface area contributed by atoms with E-state index in [1.54, 1.807) is 0 Å². The van der Waals surface area contributed by atoms with Crippen LogP contribution in [0.15, 0.2) is 107 Å². The Kier molecular flexibility index (Phi) is 13.0. The maximum atomic E-state index is 13.6. The maximum Gasteiger partial charge on any atom is 0.407 e. The molecular formula is C42H46N8O7. The van der Waals surface area contributed by atoms with Crippen molar-refractivity contribution in [3.8, 4) is 22.3 Å². The van der Waals surface area contributed by atoms with Gasteiger partial charge in [-0.05, 0) is 70.2 Å². The zero-order chi connectivity index (χ0) is 40.3. The molecule has 4 aromatic carbocycles. The highest BCUT2D eigenvalue weighted by atomic mass is 16.6. The van der Waals surface area contributed by atoms with Crippen LogP contribution in [0, 0.1) is 0 Å². The van der Waals surface area contributed by atoms with Gasteiger partial charge in [0.2, 0.25) is 0 Å². The van der Waals surface area contributed by atoms with Gasteiger partial charge in [0, 0.05) is 24.9 Å². The van der Waals surface area contributed by atoms with Crippen LogP contribution in [0.1, 0.15) is 59.8 Å². The Morgan fingerprint density at radius 1 is 0.526 bits per heavy atom. The third-order valence-electron chi connectivity index (χ3n) is 9.93. The monoisotopic (exact) mass is 774 g/mol. The van der Waals surface area contributed by atoms with Crippen molar-refractivity contribution in [3.05, 3.63) is 119 Å². The molecule has 0 fully saturated rings. The number of fused-ring (bicyclic) bond motifs is 6. The molecule has 0 spiro atoms. The number of alkyl carbamates (subject to hydrolysis) is 2. The van der Waals surface area contributed by atoms with Gasteiger partial charge in [-0.2, -0.15) is 0 Å². The lowest BCUT2D eigenvalue weighted by Crippen LogP contribution is -2.47. The first-order valence-corrected chi connectivity index (χ1v) is 18.7. The van der Waals surface area contributed by atoms with Gasteiger partial charge in [-0.1, -0.05) is 97.1 Å². The number of amides is 2. The second kappa shape index (κ2) is 18.6. The molecule has 0 bridgehead atoms. The Hall–Kier alpha value is -6.90. The molecule has 15 nitrogen and oxygen atoms in total. The Balaban J connectivity index is 1.10. The number of ether oxygens (including phenoxy) is 3. The third-order valence-corrected chi connectivity index (χ3v) is 9.93. The number of rotatable bonds is 16. The summed E-state index contributed by atoms with van der Waals surface area (Å²) in [5, 5.41) is 5.08. The molecule has 0 heterocycles. The molecule has 2 aliphatic rings. The van der Waals surface area contributed by atoms with Gasteiger partial charge in [-0.15, -0.1) is 0 Å². The summed E-state index contributed by atoms with van der Waals surface area (Å²) in [6, 6.07) is 28.9. The van der Waals surface area contributed by atoms with Crippen LogP contribution in [0.2, 0.25) is 0 Å². The minimum absolute atomic E-state index is 0.00204. The van der Waals surface area contributed by atoms with Crippen LogP contribution < -0.4 is 33.6 Å². The molecule has 2 atom stereocenters. The van der Waals surface area contributed by atoms with Crippen LogP contribution in [0.5, 0.6) is 0 Å². The van der Waals surface area contributed by atoms with Crippen molar-refractivity contribution >= 4 is 36.0 Å². The van der Waals surface area contributed by atoms with Crippen molar-refractivity contribution in [3.63, 3.8) is 0 Å². The minimum Gasteiger partial charge on any atom is -0.449 e. The number of hydrogen-bond acceptors (Lipinski definition) is 9. The molecule has 296 valence electrons. The fourth-order valence-corrected chi connectivity index (χ4v) is 7.31. The first kappa shape index (κ1) is 39.8. The summed E-state index contributed by atoms with van der Waals surface area (Å²) in [6.45, 7) is 0.277. The van der Waals surface area contributed by atoms with Gasteiger partial charge in [0.05, 0.1) is 0 Å². The van der Waals surface area contributed by atoms with E-state index in [-0.39, 0.29) is 75.7 Å². The van der Waals surface area contributed by atoms with E-state index in [9.17, 15) is 19.2 Å². The normalized spacial score (nSPS) is 13.4. The van der Waals surface area contributed by atoms with E-state index >= 15 is 0 Å². The van der Waals surface area contributed by atoms with Crippen LogP contribution in [0.4, 0.5) is 9.59 Å². The Morgan fingerprint density at radius 2 is 0.842 bits per heavy atom. The number of esters is 2. The van der Waals surface area contributed by atoms with E-state index in [2.05, 4.69) is 20.6 Å². The van der Waals surface area contributed by atoms with Crippen molar-refractivity contribution < 1.29 is 33.4 Å². The van der Waals surface area contributed by atoms with Crippen LogP contribution >= 0.6 is 0 Å². The molecule has 0 saturated carbocycles. The van der Waals surface area contributed by atoms with Gasteiger partial charge in [-0.25, -0.2) is 19.2 Å². The number of guanidine groups is 2. The van der Waals surface area contributed by atoms with E-state index in [4.69, 9.17) is 37.1 Å². The number of carbonyl (C=O) groups excluding carboxylic acids is 4. The molecular weight excluding hydrogens is 729 g/mol. The van der Waals surface area contributed by atoms with Gasteiger partial charge in [0.1, 0.15) is 25.3 Å². The fourth-order valence-electron chi connectivity index (χ4n) is 7.31. The lowest BCUT2D eigenvalue weighted by atomic mass is 9.98. The van der Waals surface area contributed by atoms with Crippen molar-refractivity contribution in [2.24, 2.45) is 32.9 Å². The smallest absolute Gasteiger partial charge is 0.407 e. The molecule has 10 N–H and O–H groups in total. The molecule has 6 rings (SSSR count). The number of hydrogen-bond donors (Lipinski definition) is 6. The van der Waals surface area contributed by atoms with Crippen molar-refractivity contribution in [1.29, 1.82) is 0 Å². The molecule has 4 aromatic rings. The molecule has 0 radical (unpaired) electrons. The highest BCUT2D eigenvalue weighted by Gasteiger charge is 2.33. The molecule has 0 saturated heterocycles. The topological polar surface area (TPSA) is 249 Å². The molecule has 0 aromatic heterocycles. The Bertz CT molecular complexity index is 1920. The fraction of sp³-hybridized carbons (Fsp3) is 0.286. The van der Waals surface area contributed by atoms with Crippen LogP contribution in [-0.2, 0) is 23.8 Å². The van der Waals surface area contributed by atoms with Crippen molar-refractivity contribution in [2.45, 2.75) is 49.6 Å². The van der Waals surface area contributed by atoms with E-state index in [1.165, 1.54) is 0 Å². The summed E-state index contributed by atoms with van der Waals surface area (Å²) in [7, 11) is 0. The predicted octanol–water partition coefficient (Wildman–Crippen LogP) is 3.98. The molecule has 0 aliphatic heterocycles. The number of carbonyl (C=O) groups is 4. The van der Waals surface area contributed by atoms with Crippen LogP contribution in [0.25, 0.3) is 22.3 Å². The lowest BCUT2D eigenvalue weighted by Gasteiger charge is -2.21. The zero-order valence-corrected chi connectivity index (χ0v) is 31.3. The van der Waals surface area contributed by atoms with E-state index in [0.29, 0.717) is 0 Å². The van der Waals surface area contributed by atoms with Gasteiger partial charge >= 0.3 is 24.1 Å². The predicted molar refractivity (Wildman–Crippen MR) is 215 cm³/mol. The average molecular weight is 775 g/mol. The molecule has 57 heavy (non-hydrogen) atoms. The third kappa shape index (κ3) is 9.86. The lowest BCUT2D eigenvalue weighted by molar-refractivity contribution is -0.162. The highest BCUT2D eigenvalue weighted by Crippen LogP contribution is 2.45. The second-order valence-corrected chi connectivity index (χ2v) is 13.7. The largest absolute Gasteiger partial charge is 0.449 e. The highest BCUT2D eigenvalue weighted by molar-refractivity contribution is 5.93. The quantitative estimate of drug-likeness (QED) is 0.0237. The summed E-state index contributed by atoms with van der Waals surface area (Å²) < 4.78 is 16.6. The van der Waals surface area contributed by atoms with Crippen molar-refractivity contribution in [1.82, 2.24) is 10.6 Å². The molecule has 0 unspecified atom stereocenters. The van der Waals surface area contributed by atoms with Crippen LogP contribution in [0.3, 0.4) is 0 Å². The number of benzene rings is 4. The van der Waals surface area contributed by atoms with E-state index in [0.717, 1.165) is 44.5 Å². The number of nitrogens with one attached hydrogen (secondary N) is 2. The van der Waals surface area contributed by atoms with E-state index < -0.39 is 36.2 Å². The SMILES string of the molecule is NC(N)=NCCC[C@H](NC(=O)OCC1c2ccccc2-c2ccccc21)C(=O)OC(=O)[C@H](CCCN=C(N)N)NC(=O)OCC1c2ccccc2-c2ccccc21. The van der Waals surface area contributed by atoms with E-state index in [1.807, 2.05) is 97.1 Å². The molecule has 2 aliphatic carbocycles.